The van der Waals surface area contributed by atoms with Gasteiger partial charge in [-0.05, 0) is 54.4 Å². The second kappa shape index (κ2) is 7.42. The van der Waals surface area contributed by atoms with E-state index >= 15 is 0 Å². The highest BCUT2D eigenvalue weighted by Gasteiger charge is 2.43. The van der Waals surface area contributed by atoms with Gasteiger partial charge >= 0.3 is 0 Å². The lowest BCUT2D eigenvalue weighted by atomic mass is 9.78. The van der Waals surface area contributed by atoms with E-state index in [0.717, 1.165) is 42.2 Å². The van der Waals surface area contributed by atoms with Gasteiger partial charge in [0.15, 0.2) is 0 Å². The molecule has 0 bridgehead atoms. The van der Waals surface area contributed by atoms with Crippen LogP contribution in [0, 0.1) is 5.92 Å². The molecule has 0 aliphatic carbocycles. The maximum atomic E-state index is 11.7. The topological polar surface area (TPSA) is 23.5 Å². The van der Waals surface area contributed by atoms with Gasteiger partial charge in [-0.15, -0.1) is 22.7 Å². The Labute approximate surface area is 157 Å². The number of piperidine rings is 1. The lowest BCUT2D eigenvalue weighted by molar-refractivity contribution is -0.00960. The first kappa shape index (κ1) is 17.0. The van der Waals surface area contributed by atoms with Crippen molar-refractivity contribution in [3.63, 3.8) is 0 Å². The zero-order chi connectivity index (χ0) is 17.1. The molecule has 1 aliphatic heterocycles. The first-order valence-corrected chi connectivity index (χ1v) is 10.6. The molecule has 0 unspecified atom stereocenters. The Morgan fingerprint density at radius 1 is 0.880 bits per heavy atom. The van der Waals surface area contributed by atoms with Crippen LogP contribution in [-0.2, 0) is 12.1 Å². The summed E-state index contributed by atoms with van der Waals surface area (Å²) in [6, 6.07) is 18.9. The van der Waals surface area contributed by atoms with Gasteiger partial charge in [-0.2, -0.15) is 0 Å². The van der Waals surface area contributed by atoms with Crippen molar-refractivity contribution in [3.8, 4) is 0 Å². The van der Waals surface area contributed by atoms with E-state index in [0.29, 0.717) is 0 Å². The third kappa shape index (κ3) is 3.44. The minimum atomic E-state index is -0.832. The summed E-state index contributed by atoms with van der Waals surface area (Å²) < 4.78 is 0. The highest BCUT2D eigenvalue weighted by molar-refractivity contribution is 7.11. The summed E-state index contributed by atoms with van der Waals surface area (Å²) in [5.74, 6) is 0.275. The van der Waals surface area contributed by atoms with E-state index in [4.69, 9.17) is 0 Å². The van der Waals surface area contributed by atoms with Crippen molar-refractivity contribution in [2.45, 2.75) is 25.0 Å². The molecule has 3 heterocycles. The van der Waals surface area contributed by atoms with Gasteiger partial charge in [0.1, 0.15) is 5.60 Å². The Bertz CT molecular complexity index is 725. The molecule has 130 valence electrons. The molecule has 1 N–H and O–H groups in total. The summed E-state index contributed by atoms with van der Waals surface area (Å²) in [4.78, 5) is 4.67. The maximum Gasteiger partial charge on any atom is 0.136 e. The molecule has 4 heteroatoms. The largest absolute Gasteiger partial charge is 0.378 e. The Morgan fingerprint density at radius 3 is 2.00 bits per heavy atom. The van der Waals surface area contributed by atoms with Crippen LogP contribution in [-0.4, -0.2) is 23.1 Å². The highest BCUT2D eigenvalue weighted by Crippen LogP contribution is 2.45. The fraction of sp³-hybridized carbons (Fsp3) is 0.333. The molecule has 3 aromatic rings. The van der Waals surface area contributed by atoms with Crippen LogP contribution in [0.3, 0.4) is 0 Å². The third-order valence-corrected chi connectivity index (χ3v) is 7.21. The normalized spacial score (nSPS) is 17.0. The molecule has 4 rings (SSSR count). The van der Waals surface area contributed by atoms with Gasteiger partial charge in [-0.25, -0.2) is 0 Å². The minimum Gasteiger partial charge on any atom is -0.378 e. The van der Waals surface area contributed by atoms with Crippen molar-refractivity contribution in [2.75, 3.05) is 13.1 Å². The van der Waals surface area contributed by atoms with Crippen LogP contribution in [0.15, 0.2) is 65.4 Å². The molecular weight excluding hydrogens is 346 g/mol. The number of nitrogens with zero attached hydrogens (tertiary/aromatic N) is 1. The summed E-state index contributed by atoms with van der Waals surface area (Å²) in [5.41, 5.74) is 0.536. The Balaban J connectivity index is 1.50. The van der Waals surface area contributed by atoms with E-state index in [-0.39, 0.29) is 5.92 Å². The second-order valence-electron chi connectivity index (χ2n) is 6.76. The van der Waals surface area contributed by atoms with Crippen LogP contribution in [0.5, 0.6) is 0 Å². The molecule has 1 aromatic carbocycles. The Kier molecular flexibility index (Phi) is 5.04. The fourth-order valence-electron chi connectivity index (χ4n) is 3.87. The van der Waals surface area contributed by atoms with Crippen molar-refractivity contribution in [3.05, 3.63) is 80.7 Å². The van der Waals surface area contributed by atoms with Crippen LogP contribution < -0.4 is 0 Å². The molecule has 1 saturated heterocycles. The number of thiophene rings is 2. The van der Waals surface area contributed by atoms with Gasteiger partial charge in [0.05, 0.1) is 0 Å². The first-order chi connectivity index (χ1) is 12.3. The Hall–Kier alpha value is -1.46. The number of benzene rings is 1. The van der Waals surface area contributed by atoms with Crippen molar-refractivity contribution in [2.24, 2.45) is 5.92 Å². The van der Waals surface area contributed by atoms with Gasteiger partial charge in [-0.3, -0.25) is 4.90 Å². The maximum absolute atomic E-state index is 11.7. The van der Waals surface area contributed by atoms with Gasteiger partial charge in [-0.1, -0.05) is 42.5 Å². The second-order valence-corrected chi connectivity index (χ2v) is 8.65. The highest BCUT2D eigenvalue weighted by atomic mass is 32.1. The molecule has 1 aliphatic rings. The van der Waals surface area contributed by atoms with Crippen molar-refractivity contribution >= 4 is 22.7 Å². The van der Waals surface area contributed by atoms with Crippen molar-refractivity contribution in [1.29, 1.82) is 0 Å². The van der Waals surface area contributed by atoms with E-state index in [1.54, 1.807) is 22.7 Å². The van der Waals surface area contributed by atoms with Crippen LogP contribution in [0.25, 0.3) is 0 Å². The van der Waals surface area contributed by atoms with E-state index in [1.807, 2.05) is 12.1 Å². The monoisotopic (exact) mass is 369 g/mol. The predicted molar refractivity (Wildman–Crippen MR) is 106 cm³/mol. The average molecular weight is 370 g/mol. The van der Waals surface area contributed by atoms with E-state index in [1.165, 1.54) is 5.56 Å². The number of rotatable bonds is 5. The van der Waals surface area contributed by atoms with Gasteiger partial charge < -0.3 is 5.11 Å². The predicted octanol–water partition coefficient (Wildman–Crippen LogP) is 4.96. The molecule has 2 nitrogen and oxygen atoms in total. The van der Waals surface area contributed by atoms with Crippen LogP contribution in [0.4, 0.5) is 0 Å². The zero-order valence-electron chi connectivity index (χ0n) is 14.2. The lowest BCUT2D eigenvalue weighted by Gasteiger charge is -2.40. The number of hydrogen-bond acceptors (Lipinski definition) is 4. The lowest BCUT2D eigenvalue weighted by Crippen LogP contribution is -2.43. The molecule has 1 fully saturated rings. The van der Waals surface area contributed by atoms with Gasteiger partial charge in [0.2, 0.25) is 0 Å². The molecular formula is C21H23NOS2. The molecule has 0 radical (unpaired) electrons. The quantitative estimate of drug-likeness (QED) is 0.687. The first-order valence-electron chi connectivity index (χ1n) is 8.83. The smallest absolute Gasteiger partial charge is 0.136 e. The summed E-state index contributed by atoms with van der Waals surface area (Å²) in [6.45, 7) is 3.08. The number of likely N-dealkylation sites (tertiary alicyclic amines) is 1. The van der Waals surface area contributed by atoms with Gasteiger partial charge in [0.25, 0.3) is 0 Å². The van der Waals surface area contributed by atoms with Crippen LogP contribution in [0.1, 0.15) is 28.2 Å². The van der Waals surface area contributed by atoms with Gasteiger partial charge in [0, 0.05) is 22.2 Å². The summed E-state index contributed by atoms with van der Waals surface area (Å²) >= 11 is 3.34. The van der Waals surface area contributed by atoms with Crippen molar-refractivity contribution < 1.29 is 5.11 Å². The molecule has 0 spiro atoms. The molecule has 0 saturated carbocycles. The number of hydrogen-bond donors (Lipinski definition) is 1. The van der Waals surface area contributed by atoms with E-state index < -0.39 is 5.60 Å². The standard InChI is InChI=1S/C21H23NOS2/c23-21(19-8-4-14-24-19,20-9-5-15-25-20)18-10-12-22(13-11-18)16-17-6-2-1-3-7-17/h1-9,14-15,18,23H,10-13,16H2. The summed E-state index contributed by atoms with van der Waals surface area (Å²) in [5, 5.41) is 15.9. The summed E-state index contributed by atoms with van der Waals surface area (Å²) in [7, 11) is 0. The van der Waals surface area contributed by atoms with Crippen molar-refractivity contribution in [1.82, 2.24) is 4.90 Å². The molecule has 25 heavy (non-hydrogen) atoms. The molecule has 0 atom stereocenters. The SMILES string of the molecule is OC(c1cccs1)(c1cccs1)C1CCN(Cc2ccccc2)CC1. The van der Waals surface area contributed by atoms with Crippen LogP contribution in [0.2, 0.25) is 0 Å². The fourth-order valence-corrected chi connectivity index (χ4v) is 5.76. The zero-order valence-corrected chi connectivity index (χ0v) is 15.8. The Morgan fingerprint density at radius 2 is 1.48 bits per heavy atom. The third-order valence-electron chi connectivity index (χ3n) is 5.22. The molecule has 2 aromatic heterocycles. The average Bonchev–Trinajstić information content (AvgIpc) is 3.37. The minimum absolute atomic E-state index is 0.275. The molecule has 0 amide bonds. The van der Waals surface area contributed by atoms with E-state index in [2.05, 4.69) is 58.1 Å². The van der Waals surface area contributed by atoms with E-state index in [9.17, 15) is 5.11 Å². The number of aliphatic hydroxyl groups is 1. The van der Waals surface area contributed by atoms with Crippen LogP contribution >= 0.6 is 22.7 Å². The summed E-state index contributed by atoms with van der Waals surface area (Å²) in [6.07, 6.45) is 2.05.